The van der Waals surface area contributed by atoms with Crippen LogP contribution in [0.15, 0.2) is 33.6 Å². The molecule has 0 amide bonds. The molecule has 0 radical (unpaired) electrons. The zero-order valence-corrected chi connectivity index (χ0v) is 13.2. The second-order valence-corrected chi connectivity index (χ2v) is 7.86. The van der Waals surface area contributed by atoms with Crippen molar-refractivity contribution in [3.8, 4) is 0 Å². The number of halogens is 2. The summed E-state index contributed by atoms with van der Waals surface area (Å²) in [4.78, 5) is 0.365. The fraction of sp³-hybridized carbons (Fsp3) is 0.455. The van der Waals surface area contributed by atoms with Crippen molar-refractivity contribution in [1.82, 2.24) is 0 Å². The summed E-state index contributed by atoms with van der Waals surface area (Å²) < 4.78 is 25.0. The van der Waals surface area contributed by atoms with Gasteiger partial charge in [-0.25, -0.2) is 8.42 Å². The van der Waals surface area contributed by atoms with Crippen LogP contribution in [-0.4, -0.2) is 19.5 Å². The summed E-state index contributed by atoms with van der Waals surface area (Å²) in [5, 5.41) is 0.656. The fourth-order valence-electron chi connectivity index (χ4n) is 1.33. The largest absolute Gasteiger partial charge is 0.224 e. The maximum absolute atomic E-state index is 12.2. The molecule has 0 heterocycles. The standard InChI is InChI=1S/C11H14Br2O2S/c1-11(2,7-12)8-16(14,15)10-6-4-3-5-9(10)13/h3-6H,7-8H2,1-2H3. The van der Waals surface area contributed by atoms with E-state index in [-0.39, 0.29) is 11.2 Å². The van der Waals surface area contributed by atoms with Crippen LogP contribution in [0.3, 0.4) is 0 Å². The lowest BCUT2D eigenvalue weighted by atomic mass is 10.0. The maximum atomic E-state index is 12.2. The van der Waals surface area contributed by atoms with E-state index in [0.717, 1.165) is 0 Å². The molecule has 0 fully saturated rings. The van der Waals surface area contributed by atoms with Crippen molar-refractivity contribution >= 4 is 41.7 Å². The van der Waals surface area contributed by atoms with Gasteiger partial charge in [0, 0.05) is 9.80 Å². The Morgan fingerprint density at radius 2 is 1.81 bits per heavy atom. The zero-order valence-electron chi connectivity index (χ0n) is 9.20. The monoisotopic (exact) mass is 368 g/mol. The van der Waals surface area contributed by atoms with Crippen molar-refractivity contribution in [2.24, 2.45) is 5.41 Å². The lowest BCUT2D eigenvalue weighted by Crippen LogP contribution is -2.25. The Morgan fingerprint density at radius 1 is 1.25 bits per heavy atom. The molecule has 0 unspecified atom stereocenters. The first kappa shape index (κ1) is 14.2. The van der Waals surface area contributed by atoms with Gasteiger partial charge in [-0.2, -0.15) is 0 Å². The fourth-order valence-corrected chi connectivity index (χ4v) is 4.75. The molecule has 5 heteroatoms. The van der Waals surface area contributed by atoms with Crippen molar-refractivity contribution in [3.05, 3.63) is 28.7 Å². The van der Waals surface area contributed by atoms with Gasteiger partial charge in [0.2, 0.25) is 0 Å². The molecule has 0 aliphatic carbocycles. The molecule has 0 aromatic heterocycles. The van der Waals surface area contributed by atoms with Gasteiger partial charge < -0.3 is 0 Å². The highest BCUT2D eigenvalue weighted by Gasteiger charge is 2.27. The summed E-state index contributed by atoms with van der Waals surface area (Å²) in [6.45, 7) is 3.85. The summed E-state index contributed by atoms with van der Waals surface area (Å²) in [5.74, 6) is 0.133. The van der Waals surface area contributed by atoms with Crippen molar-refractivity contribution in [2.75, 3.05) is 11.1 Å². The number of benzene rings is 1. The normalized spacial score (nSPS) is 12.8. The van der Waals surface area contributed by atoms with E-state index in [1.807, 2.05) is 13.8 Å². The molecule has 0 spiro atoms. The third-order valence-electron chi connectivity index (χ3n) is 2.11. The Morgan fingerprint density at radius 3 is 2.31 bits per heavy atom. The predicted octanol–water partition coefficient (Wildman–Crippen LogP) is 3.64. The molecule has 0 N–H and O–H groups in total. The van der Waals surface area contributed by atoms with Crippen LogP contribution in [0, 0.1) is 5.41 Å². The van der Waals surface area contributed by atoms with Gasteiger partial charge in [0.1, 0.15) is 0 Å². The van der Waals surface area contributed by atoms with Crippen LogP contribution in [0.4, 0.5) is 0 Å². The van der Waals surface area contributed by atoms with E-state index < -0.39 is 9.84 Å². The lowest BCUT2D eigenvalue weighted by Gasteiger charge is -2.21. The Balaban J connectivity index is 3.09. The SMILES string of the molecule is CC(C)(CBr)CS(=O)(=O)c1ccccc1Br. The van der Waals surface area contributed by atoms with Gasteiger partial charge in [0.25, 0.3) is 0 Å². The molecule has 2 nitrogen and oxygen atoms in total. The van der Waals surface area contributed by atoms with Gasteiger partial charge in [-0.15, -0.1) is 0 Å². The zero-order chi connectivity index (χ0) is 12.4. The third kappa shape index (κ3) is 3.57. The summed E-state index contributed by atoms with van der Waals surface area (Å²) in [5.41, 5.74) is -0.270. The Bertz CT molecular complexity index is 467. The van der Waals surface area contributed by atoms with Crippen LogP contribution in [0.25, 0.3) is 0 Å². The highest BCUT2D eigenvalue weighted by molar-refractivity contribution is 9.10. The minimum absolute atomic E-state index is 0.133. The van der Waals surface area contributed by atoms with Gasteiger partial charge in [-0.3, -0.25) is 0 Å². The average Bonchev–Trinajstić information content (AvgIpc) is 2.16. The molecule has 0 atom stereocenters. The van der Waals surface area contributed by atoms with Gasteiger partial charge in [0.05, 0.1) is 10.6 Å². The molecule has 1 aromatic rings. The summed E-state index contributed by atoms with van der Waals surface area (Å²) in [6.07, 6.45) is 0. The first-order valence-corrected chi connectivity index (χ1v) is 8.38. The van der Waals surface area contributed by atoms with Crippen LogP contribution in [0.1, 0.15) is 13.8 Å². The number of hydrogen-bond acceptors (Lipinski definition) is 2. The molecule has 1 aromatic carbocycles. The van der Waals surface area contributed by atoms with Gasteiger partial charge in [-0.05, 0) is 33.5 Å². The summed E-state index contributed by atoms with van der Waals surface area (Å²) in [7, 11) is -3.24. The Labute approximate surface area is 114 Å². The molecule has 0 aliphatic heterocycles. The number of hydrogen-bond donors (Lipinski definition) is 0. The minimum atomic E-state index is -3.24. The smallest absolute Gasteiger partial charge is 0.180 e. The number of rotatable bonds is 4. The van der Waals surface area contributed by atoms with Gasteiger partial charge >= 0.3 is 0 Å². The van der Waals surface area contributed by atoms with Gasteiger partial charge in [-0.1, -0.05) is 41.9 Å². The summed E-state index contributed by atoms with van der Waals surface area (Å²) in [6, 6.07) is 6.91. The first-order valence-electron chi connectivity index (χ1n) is 4.82. The van der Waals surface area contributed by atoms with E-state index in [1.165, 1.54) is 0 Å². The highest BCUT2D eigenvalue weighted by Crippen LogP contribution is 2.28. The van der Waals surface area contributed by atoms with E-state index in [0.29, 0.717) is 14.7 Å². The topological polar surface area (TPSA) is 34.1 Å². The van der Waals surface area contributed by atoms with Crippen molar-refractivity contribution in [1.29, 1.82) is 0 Å². The molecular formula is C11H14Br2O2S. The summed E-state index contributed by atoms with van der Waals surface area (Å²) >= 11 is 6.61. The van der Waals surface area contributed by atoms with Crippen LogP contribution < -0.4 is 0 Å². The number of sulfone groups is 1. The molecule has 16 heavy (non-hydrogen) atoms. The molecule has 0 bridgehead atoms. The third-order valence-corrected chi connectivity index (χ3v) is 6.77. The predicted molar refractivity (Wildman–Crippen MR) is 73.8 cm³/mol. The van der Waals surface area contributed by atoms with E-state index in [1.54, 1.807) is 24.3 Å². The molecule has 0 saturated carbocycles. The van der Waals surface area contributed by atoms with Crippen LogP contribution in [-0.2, 0) is 9.84 Å². The second kappa shape index (κ2) is 5.19. The van der Waals surface area contributed by atoms with E-state index in [2.05, 4.69) is 31.9 Å². The maximum Gasteiger partial charge on any atom is 0.180 e. The number of alkyl halides is 1. The molecular weight excluding hydrogens is 356 g/mol. The Kier molecular flexibility index (Phi) is 4.60. The quantitative estimate of drug-likeness (QED) is 0.759. The minimum Gasteiger partial charge on any atom is -0.224 e. The Hall–Kier alpha value is 0.130. The van der Waals surface area contributed by atoms with Crippen molar-refractivity contribution < 1.29 is 8.42 Å². The lowest BCUT2D eigenvalue weighted by molar-refractivity contribution is 0.474. The average molecular weight is 370 g/mol. The van der Waals surface area contributed by atoms with E-state index in [9.17, 15) is 8.42 Å². The van der Waals surface area contributed by atoms with Crippen LogP contribution >= 0.6 is 31.9 Å². The molecule has 90 valence electrons. The van der Waals surface area contributed by atoms with E-state index >= 15 is 0 Å². The highest BCUT2D eigenvalue weighted by atomic mass is 79.9. The van der Waals surface area contributed by atoms with Gasteiger partial charge in [0.15, 0.2) is 9.84 Å². The second-order valence-electron chi connectivity index (χ2n) is 4.49. The van der Waals surface area contributed by atoms with Crippen molar-refractivity contribution in [2.45, 2.75) is 18.7 Å². The molecule has 0 saturated heterocycles. The molecule has 1 rings (SSSR count). The van der Waals surface area contributed by atoms with Crippen molar-refractivity contribution in [3.63, 3.8) is 0 Å². The van der Waals surface area contributed by atoms with Crippen LogP contribution in [0.5, 0.6) is 0 Å². The first-order chi connectivity index (χ1) is 7.28. The van der Waals surface area contributed by atoms with E-state index in [4.69, 9.17) is 0 Å². The molecule has 0 aliphatic rings. The van der Waals surface area contributed by atoms with Crippen LogP contribution in [0.2, 0.25) is 0 Å².